The zero-order valence-corrected chi connectivity index (χ0v) is 10.2. The average Bonchev–Trinajstić information content (AvgIpc) is 2.13. The van der Waals surface area contributed by atoms with Crippen LogP contribution in [-0.2, 0) is 20.1 Å². The van der Waals surface area contributed by atoms with Gasteiger partial charge in [0.1, 0.15) is 0 Å². The smallest absolute Gasteiger partial charge is 0.285 e. The highest BCUT2D eigenvalue weighted by Gasteiger charge is 2.63. The van der Waals surface area contributed by atoms with E-state index < -0.39 is 42.4 Å². The number of halogens is 3. The molecular weight excluding hydrogens is 299 g/mol. The monoisotopic (exact) mass is 307 g/mol. The molecule has 0 saturated heterocycles. The summed E-state index contributed by atoms with van der Waals surface area (Å²) in [6.07, 6.45) is -5.39. The van der Waals surface area contributed by atoms with Gasteiger partial charge in [-0.25, -0.2) is 13.6 Å². The van der Waals surface area contributed by atoms with Gasteiger partial charge in [-0.2, -0.15) is 21.6 Å². The molecule has 0 spiro atoms. The third-order valence-electron chi connectivity index (χ3n) is 2.39. The lowest BCUT2D eigenvalue weighted by Gasteiger charge is -2.31. The first-order chi connectivity index (χ1) is 7.81. The maximum absolute atomic E-state index is 12.8. The van der Waals surface area contributed by atoms with Crippen LogP contribution < -0.4 is 5.14 Å². The van der Waals surface area contributed by atoms with Crippen molar-refractivity contribution in [2.45, 2.75) is 17.3 Å². The molecule has 0 bridgehead atoms. The van der Waals surface area contributed by atoms with Gasteiger partial charge in [0.25, 0.3) is 10.1 Å². The molecule has 0 heterocycles. The predicted molar refractivity (Wildman–Crippen MR) is 55.3 cm³/mol. The fraction of sp³-hybridized carbons (Fsp3) is 0.429. The Bertz CT molecular complexity index is 616. The second-order valence-corrected chi connectivity index (χ2v) is 6.87. The van der Waals surface area contributed by atoms with Crippen molar-refractivity contribution in [3.05, 3.63) is 23.1 Å². The maximum atomic E-state index is 12.8. The van der Waals surface area contributed by atoms with Crippen LogP contribution in [0, 0.1) is 0 Å². The molecule has 18 heavy (non-hydrogen) atoms. The summed E-state index contributed by atoms with van der Waals surface area (Å²) in [4.78, 5) is -0.931. The second kappa shape index (κ2) is 4.05. The molecule has 1 rings (SSSR count). The number of sulfonamides is 1. The minimum absolute atomic E-state index is 0.178. The summed E-state index contributed by atoms with van der Waals surface area (Å²) in [6.45, 7) is 0. The topological polar surface area (TPSA) is 115 Å². The van der Waals surface area contributed by atoms with Crippen LogP contribution in [0.4, 0.5) is 13.2 Å². The van der Waals surface area contributed by atoms with Crippen LogP contribution in [0.3, 0.4) is 0 Å². The Morgan fingerprint density at radius 3 is 2.11 bits per heavy atom. The summed E-state index contributed by atoms with van der Waals surface area (Å²) >= 11 is 0. The van der Waals surface area contributed by atoms with Gasteiger partial charge in [-0.3, -0.25) is 4.55 Å². The summed E-state index contributed by atoms with van der Waals surface area (Å²) in [5.74, 6) is 0. The zero-order valence-electron chi connectivity index (χ0n) is 8.55. The first kappa shape index (κ1) is 15.1. The van der Waals surface area contributed by atoms with Gasteiger partial charge in [0.05, 0.1) is 4.91 Å². The van der Waals surface area contributed by atoms with Crippen molar-refractivity contribution in [3.63, 3.8) is 0 Å². The highest BCUT2D eigenvalue weighted by molar-refractivity contribution is 7.93. The molecule has 11 heteroatoms. The van der Waals surface area contributed by atoms with Crippen molar-refractivity contribution in [3.8, 4) is 0 Å². The van der Waals surface area contributed by atoms with Gasteiger partial charge in [-0.1, -0.05) is 12.2 Å². The Balaban J connectivity index is 3.48. The van der Waals surface area contributed by atoms with E-state index in [-0.39, 0.29) is 6.08 Å². The van der Waals surface area contributed by atoms with E-state index >= 15 is 0 Å². The van der Waals surface area contributed by atoms with Gasteiger partial charge in [0.15, 0.2) is 0 Å². The molecule has 1 unspecified atom stereocenters. The molecule has 0 amide bonds. The van der Waals surface area contributed by atoms with Crippen LogP contribution in [0.5, 0.6) is 0 Å². The van der Waals surface area contributed by atoms with Crippen molar-refractivity contribution >= 4 is 20.1 Å². The Morgan fingerprint density at radius 1 is 1.28 bits per heavy atom. The van der Waals surface area contributed by atoms with Crippen LogP contribution in [0.25, 0.3) is 0 Å². The summed E-state index contributed by atoms with van der Waals surface area (Å²) in [7, 11) is -10.1. The molecule has 0 fully saturated rings. The van der Waals surface area contributed by atoms with Crippen molar-refractivity contribution in [1.82, 2.24) is 0 Å². The van der Waals surface area contributed by atoms with Crippen LogP contribution >= 0.6 is 0 Å². The van der Waals surface area contributed by atoms with Gasteiger partial charge < -0.3 is 0 Å². The molecular formula is C7H8F3NO5S2. The van der Waals surface area contributed by atoms with E-state index in [9.17, 15) is 30.0 Å². The highest BCUT2D eigenvalue weighted by atomic mass is 32.2. The normalized spacial score (nSPS) is 25.9. The van der Waals surface area contributed by atoms with Gasteiger partial charge in [0.2, 0.25) is 14.8 Å². The van der Waals surface area contributed by atoms with E-state index in [1.54, 1.807) is 0 Å². The van der Waals surface area contributed by atoms with Crippen LogP contribution in [0.15, 0.2) is 23.1 Å². The fourth-order valence-corrected chi connectivity index (χ4v) is 3.07. The quantitative estimate of drug-likeness (QED) is 0.712. The molecule has 1 atom stereocenters. The van der Waals surface area contributed by atoms with Gasteiger partial charge in [-0.15, -0.1) is 0 Å². The molecule has 3 N–H and O–H groups in total. The van der Waals surface area contributed by atoms with Gasteiger partial charge >= 0.3 is 6.18 Å². The molecule has 1 aliphatic rings. The Kier molecular flexibility index (Phi) is 3.41. The minimum atomic E-state index is -5.61. The third-order valence-corrected chi connectivity index (χ3v) is 4.83. The summed E-state index contributed by atoms with van der Waals surface area (Å²) in [5, 5.41) is 4.64. The van der Waals surface area contributed by atoms with Gasteiger partial charge in [0, 0.05) is 6.42 Å². The molecule has 0 aromatic heterocycles. The number of allylic oxidation sites excluding steroid dienone is 3. The summed E-state index contributed by atoms with van der Waals surface area (Å²) in [6, 6.07) is 0. The number of hydrogen-bond acceptors (Lipinski definition) is 4. The summed E-state index contributed by atoms with van der Waals surface area (Å²) in [5.41, 5.74) is 0. The molecule has 0 radical (unpaired) electrons. The minimum Gasteiger partial charge on any atom is -0.285 e. The Labute approximate surface area is 101 Å². The number of primary sulfonamides is 1. The van der Waals surface area contributed by atoms with Crippen molar-refractivity contribution in [2.24, 2.45) is 5.14 Å². The lowest BCUT2D eigenvalue weighted by molar-refractivity contribution is -0.151. The second-order valence-electron chi connectivity index (χ2n) is 3.58. The molecule has 0 aliphatic heterocycles. The summed E-state index contributed by atoms with van der Waals surface area (Å²) < 4.78 is 87.3. The predicted octanol–water partition coefficient (Wildman–Crippen LogP) is 0.308. The van der Waals surface area contributed by atoms with Crippen molar-refractivity contribution < 1.29 is 34.6 Å². The van der Waals surface area contributed by atoms with Crippen molar-refractivity contribution in [1.29, 1.82) is 0 Å². The first-order valence-electron chi connectivity index (χ1n) is 4.26. The fourth-order valence-electron chi connectivity index (χ4n) is 1.40. The zero-order chi connectivity index (χ0) is 14.4. The largest absolute Gasteiger partial charge is 0.414 e. The number of hydrogen-bond donors (Lipinski definition) is 2. The standard InChI is InChI=1S/C7H8F3NO5S2/c8-7(9,10)6(18(14,15)16)3-1-2-5(4-6)17(11,12)13/h1-3H,4H2,(H2,11,12,13)(H,14,15,16). The Morgan fingerprint density at radius 2 is 1.78 bits per heavy atom. The molecule has 104 valence electrons. The van der Waals surface area contributed by atoms with Crippen molar-refractivity contribution in [2.75, 3.05) is 0 Å². The van der Waals surface area contributed by atoms with E-state index in [0.29, 0.717) is 6.08 Å². The molecule has 0 aromatic carbocycles. The van der Waals surface area contributed by atoms with Crippen LogP contribution in [0.2, 0.25) is 0 Å². The molecule has 6 nitrogen and oxygen atoms in total. The van der Waals surface area contributed by atoms with Gasteiger partial charge in [-0.05, 0) is 6.08 Å². The molecule has 0 saturated carbocycles. The van der Waals surface area contributed by atoms with Crippen LogP contribution in [0.1, 0.15) is 6.42 Å². The lowest BCUT2D eigenvalue weighted by atomic mass is 9.99. The van der Waals surface area contributed by atoms with Crippen LogP contribution in [-0.4, -0.2) is 32.3 Å². The number of nitrogens with two attached hydrogens (primary N) is 1. The Hall–Kier alpha value is -0.910. The first-order valence-corrected chi connectivity index (χ1v) is 7.25. The lowest BCUT2D eigenvalue weighted by Crippen LogP contribution is -2.51. The van der Waals surface area contributed by atoms with E-state index in [0.717, 1.165) is 6.08 Å². The maximum Gasteiger partial charge on any atom is 0.414 e. The molecule has 0 aromatic rings. The SMILES string of the molecule is NS(=O)(=O)C1=CC=CC(C(F)(F)F)(S(=O)(=O)O)C1. The number of rotatable bonds is 2. The average molecular weight is 307 g/mol. The van der Waals surface area contributed by atoms with E-state index in [1.165, 1.54) is 0 Å². The van der Waals surface area contributed by atoms with E-state index in [2.05, 4.69) is 5.14 Å². The van der Waals surface area contributed by atoms with E-state index in [1.807, 2.05) is 0 Å². The van der Waals surface area contributed by atoms with E-state index in [4.69, 9.17) is 4.55 Å². The third kappa shape index (κ3) is 2.43. The number of alkyl halides is 3. The highest BCUT2D eigenvalue weighted by Crippen LogP contribution is 2.44. The molecule has 1 aliphatic carbocycles.